The first-order valence-electron chi connectivity index (χ1n) is 10.5. The van der Waals surface area contributed by atoms with E-state index in [0.29, 0.717) is 18.5 Å². The zero-order chi connectivity index (χ0) is 20.6. The smallest absolute Gasteiger partial charge is 0.191 e. The van der Waals surface area contributed by atoms with Crippen LogP contribution < -0.4 is 10.6 Å². The monoisotopic (exact) mass is 561 g/mol. The number of piperidine rings is 1. The molecule has 1 fully saturated rings. The van der Waals surface area contributed by atoms with E-state index in [0.717, 1.165) is 55.7 Å². The molecule has 2 heterocycles. The van der Waals surface area contributed by atoms with Gasteiger partial charge in [0.15, 0.2) is 5.96 Å². The molecule has 2 aromatic rings. The van der Waals surface area contributed by atoms with Gasteiger partial charge < -0.3 is 10.6 Å². The minimum absolute atomic E-state index is 0. The fraction of sp³-hybridized carbons (Fsp3) is 0.545. The predicted octanol–water partition coefficient (Wildman–Crippen LogP) is 5.26. The van der Waals surface area contributed by atoms with Gasteiger partial charge in [0, 0.05) is 48.5 Å². The quantitative estimate of drug-likeness (QED) is 0.275. The topological polar surface area (TPSA) is 52.6 Å². The number of guanidine groups is 1. The van der Waals surface area contributed by atoms with Gasteiger partial charge in [-0.05, 0) is 37.5 Å². The maximum atomic E-state index is 5.98. The van der Waals surface area contributed by atoms with Crippen molar-refractivity contribution in [1.29, 1.82) is 0 Å². The molecule has 0 radical (unpaired) electrons. The van der Waals surface area contributed by atoms with Gasteiger partial charge in [0.2, 0.25) is 0 Å². The van der Waals surface area contributed by atoms with E-state index < -0.39 is 0 Å². The molecular formula is C22H33ClIN5S. The standard InChI is InChI=1S/C22H32ClN5S.HI/c1-4-24-22(25-13-20-15-29-21(26-20)16(2)3)27-19-9-11-28(12-10-19)14-17-5-7-18(23)8-6-17;/h5-8,15-16,19H,4,9-14H2,1-3H3,(H2,24,25,27);1H. The number of benzene rings is 1. The van der Waals surface area contributed by atoms with Crippen molar-refractivity contribution in [3.05, 3.63) is 50.9 Å². The summed E-state index contributed by atoms with van der Waals surface area (Å²) in [6.07, 6.45) is 2.23. The first kappa shape index (κ1) is 25.4. The predicted molar refractivity (Wildman–Crippen MR) is 139 cm³/mol. The summed E-state index contributed by atoms with van der Waals surface area (Å²) in [5.74, 6) is 1.37. The Labute approximate surface area is 206 Å². The number of nitrogens with one attached hydrogen (secondary N) is 2. The highest BCUT2D eigenvalue weighted by Crippen LogP contribution is 2.19. The molecule has 5 nitrogen and oxygen atoms in total. The van der Waals surface area contributed by atoms with Crippen LogP contribution in [0.5, 0.6) is 0 Å². The Morgan fingerprint density at radius 2 is 1.97 bits per heavy atom. The van der Waals surface area contributed by atoms with Crippen LogP contribution in [0.3, 0.4) is 0 Å². The van der Waals surface area contributed by atoms with Crippen LogP contribution in [0.25, 0.3) is 0 Å². The van der Waals surface area contributed by atoms with Crippen molar-refractivity contribution >= 4 is 52.9 Å². The highest BCUT2D eigenvalue weighted by atomic mass is 127. The molecule has 0 saturated carbocycles. The molecule has 1 aromatic carbocycles. The van der Waals surface area contributed by atoms with E-state index in [2.05, 4.69) is 58.8 Å². The molecule has 1 saturated heterocycles. The van der Waals surface area contributed by atoms with Crippen molar-refractivity contribution in [2.45, 2.75) is 58.7 Å². The molecule has 0 unspecified atom stereocenters. The van der Waals surface area contributed by atoms with E-state index in [4.69, 9.17) is 16.6 Å². The summed E-state index contributed by atoms with van der Waals surface area (Å²) in [6, 6.07) is 8.63. The second-order valence-corrected chi connectivity index (χ2v) is 9.17. The third kappa shape index (κ3) is 7.98. The lowest BCUT2D eigenvalue weighted by Gasteiger charge is -2.33. The summed E-state index contributed by atoms with van der Waals surface area (Å²) in [7, 11) is 0. The maximum absolute atomic E-state index is 5.98. The molecule has 166 valence electrons. The van der Waals surface area contributed by atoms with Gasteiger partial charge in [0.25, 0.3) is 0 Å². The number of hydrogen-bond donors (Lipinski definition) is 2. The summed E-state index contributed by atoms with van der Waals surface area (Å²) in [6.45, 7) is 11.1. The number of aliphatic imine (C=N–C) groups is 1. The number of likely N-dealkylation sites (tertiary alicyclic amines) is 1. The molecule has 1 aromatic heterocycles. The van der Waals surface area contributed by atoms with Crippen LogP contribution in [-0.4, -0.2) is 41.5 Å². The van der Waals surface area contributed by atoms with Crippen LogP contribution in [0.4, 0.5) is 0 Å². The van der Waals surface area contributed by atoms with Crippen LogP contribution >= 0.6 is 46.9 Å². The molecule has 0 aliphatic carbocycles. The zero-order valence-corrected chi connectivity index (χ0v) is 21.9. The van der Waals surface area contributed by atoms with Gasteiger partial charge in [-0.3, -0.25) is 4.90 Å². The third-order valence-corrected chi connectivity index (χ3v) is 6.50. The molecule has 0 bridgehead atoms. The molecule has 1 aliphatic heterocycles. The lowest BCUT2D eigenvalue weighted by atomic mass is 10.0. The minimum atomic E-state index is 0. The van der Waals surface area contributed by atoms with Crippen LogP contribution in [0.1, 0.15) is 55.8 Å². The lowest BCUT2D eigenvalue weighted by molar-refractivity contribution is 0.198. The average molecular weight is 562 g/mol. The van der Waals surface area contributed by atoms with E-state index in [1.165, 1.54) is 10.6 Å². The molecule has 30 heavy (non-hydrogen) atoms. The van der Waals surface area contributed by atoms with Gasteiger partial charge in [-0.15, -0.1) is 35.3 Å². The first-order valence-corrected chi connectivity index (χ1v) is 11.7. The van der Waals surface area contributed by atoms with Crippen molar-refractivity contribution in [1.82, 2.24) is 20.5 Å². The van der Waals surface area contributed by atoms with E-state index in [1.807, 2.05) is 12.1 Å². The van der Waals surface area contributed by atoms with Crippen LogP contribution in [0.2, 0.25) is 5.02 Å². The summed E-state index contributed by atoms with van der Waals surface area (Å²) in [4.78, 5) is 12.0. The summed E-state index contributed by atoms with van der Waals surface area (Å²) >= 11 is 7.71. The number of thiazole rings is 1. The highest BCUT2D eigenvalue weighted by Gasteiger charge is 2.20. The largest absolute Gasteiger partial charge is 0.357 e. The second kappa shape index (κ2) is 12.8. The van der Waals surface area contributed by atoms with Crippen LogP contribution in [-0.2, 0) is 13.1 Å². The van der Waals surface area contributed by atoms with E-state index >= 15 is 0 Å². The third-order valence-electron chi connectivity index (χ3n) is 5.05. The Hall–Kier alpha value is -0.900. The van der Waals surface area contributed by atoms with Crippen LogP contribution in [0.15, 0.2) is 34.6 Å². The lowest BCUT2D eigenvalue weighted by Crippen LogP contribution is -2.48. The Morgan fingerprint density at radius 1 is 1.27 bits per heavy atom. The molecule has 8 heteroatoms. The SMILES string of the molecule is CCNC(=NCc1csc(C(C)C)n1)NC1CCN(Cc2ccc(Cl)cc2)CC1.I. The van der Waals surface area contributed by atoms with Crippen molar-refractivity contribution in [3.63, 3.8) is 0 Å². The van der Waals surface area contributed by atoms with E-state index in [1.54, 1.807) is 11.3 Å². The van der Waals surface area contributed by atoms with E-state index in [-0.39, 0.29) is 24.0 Å². The van der Waals surface area contributed by atoms with Crippen molar-refractivity contribution in [2.24, 2.45) is 4.99 Å². The number of aromatic nitrogens is 1. The molecular weight excluding hydrogens is 529 g/mol. The molecule has 0 amide bonds. The van der Waals surface area contributed by atoms with Gasteiger partial charge in [0.05, 0.1) is 17.2 Å². The fourth-order valence-electron chi connectivity index (χ4n) is 3.42. The van der Waals surface area contributed by atoms with Gasteiger partial charge in [-0.25, -0.2) is 9.98 Å². The summed E-state index contributed by atoms with van der Waals surface area (Å²) in [5, 5.41) is 11.1. The molecule has 1 aliphatic rings. The van der Waals surface area contributed by atoms with Crippen molar-refractivity contribution < 1.29 is 0 Å². The number of rotatable bonds is 7. The second-order valence-electron chi connectivity index (χ2n) is 7.85. The Bertz CT molecular complexity index is 785. The van der Waals surface area contributed by atoms with Gasteiger partial charge in [0.1, 0.15) is 0 Å². The van der Waals surface area contributed by atoms with Gasteiger partial charge in [-0.1, -0.05) is 37.6 Å². The Morgan fingerprint density at radius 3 is 2.57 bits per heavy atom. The number of nitrogens with zero attached hydrogens (tertiary/aromatic N) is 3. The fourth-order valence-corrected chi connectivity index (χ4v) is 4.37. The summed E-state index contributed by atoms with van der Waals surface area (Å²) in [5.41, 5.74) is 2.37. The van der Waals surface area contributed by atoms with Gasteiger partial charge >= 0.3 is 0 Å². The minimum Gasteiger partial charge on any atom is -0.357 e. The molecule has 0 spiro atoms. The van der Waals surface area contributed by atoms with E-state index in [9.17, 15) is 0 Å². The first-order chi connectivity index (χ1) is 14.0. The van der Waals surface area contributed by atoms with Crippen LogP contribution in [0, 0.1) is 0 Å². The van der Waals surface area contributed by atoms with Crippen molar-refractivity contribution in [2.75, 3.05) is 19.6 Å². The maximum Gasteiger partial charge on any atom is 0.191 e. The average Bonchev–Trinajstić information content (AvgIpc) is 3.19. The summed E-state index contributed by atoms with van der Waals surface area (Å²) < 4.78 is 0. The number of halogens is 2. The van der Waals surface area contributed by atoms with Gasteiger partial charge in [-0.2, -0.15) is 0 Å². The molecule has 3 rings (SSSR count). The molecule has 0 atom stereocenters. The molecule has 2 N–H and O–H groups in total. The Balaban J connectivity index is 0.00000320. The normalized spacial score (nSPS) is 15.8. The zero-order valence-electron chi connectivity index (χ0n) is 18.0. The Kier molecular flexibility index (Phi) is 10.8. The van der Waals surface area contributed by atoms with Crippen molar-refractivity contribution in [3.8, 4) is 0 Å². The highest BCUT2D eigenvalue weighted by molar-refractivity contribution is 14.0. The number of hydrogen-bond acceptors (Lipinski definition) is 4.